The molecule has 0 heterocycles. The first-order chi connectivity index (χ1) is 10.5. The van der Waals surface area contributed by atoms with Gasteiger partial charge in [-0.2, -0.15) is 5.26 Å². The van der Waals surface area contributed by atoms with Gasteiger partial charge in [0.2, 0.25) is 0 Å². The number of carbonyl (C=O) groups is 1. The Kier molecular flexibility index (Phi) is 5.21. The van der Waals surface area contributed by atoms with Gasteiger partial charge in [-0.1, -0.05) is 41.4 Å². The number of hydrogen-bond donors (Lipinski definition) is 1. The molecule has 0 bridgehead atoms. The van der Waals surface area contributed by atoms with Gasteiger partial charge in [-0.25, -0.2) is 0 Å². The Labute approximate surface area is 138 Å². The molecule has 0 aromatic heterocycles. The second-order valence-electron chi connectivity index (χ2n) is 4.64. The van der Waals surface area contributed by atoms with Crippen molar-refractivity contribution in [2.24, 2.45) is 0 Å². The Hall–Kier alpha value is -2.28. The van der Waals surface area contributed by atoms with Gasteiger partial charge in [-0.3, -0.25) is 4.79 Å². The second-order valence-corrected chi connectivity index (χ2v) is 5.49. The molecule has 0 aliphatic carbocycles. The normalized spacial score (nSPS) is 10.9. The summed E-state index contributed by atoms with van der Waals surface area (Å²) in [6.45, 7) is 1.87. The van der Waals surface area contributed by atoms with Crippen LogP contribution < -0.4 is 5.32 Å². The Morgan fingerprint density at radius 2 is 2.00 bits per heavy atom. The number of anilines is 1. The Morgan fingerprint density at radius 3 is 2.64 bits per heavy atom. The van der Waals surface area contributed by atoms with E-state index in [1.165, 1.54) is 6.08 Å². The molecule has 5 heteroatoms. The van der Waals surface area contributed by atoms with E-state index in [0.717, 1.165) is 5.56 Å². The molecule has 2 aromatic carbocycles. The van der Waals surface area contributed by atoms with Crippen LogP contribution in [0.2, 0.25) is 10.0 Å². The number of nitrogens with one attached hydrogen (secondary N) is 1. The van der Waals surface area contributed by atoms with E-state index < -0.39 is 5.91 Å². The van der Waals surface area contributed by atoms with E-state index in [2.05, 4.69) is 5.32 Å². The van der Waals surface area contributed by atoms with E-state index in [-0.39, 0.29) is 5.57 Å². The van der Waals surface area contributed by atoms with Crippen LogP contribution >= 0.6 is 23.2 Å². The molecule has 0 saturated carbocycles. The predicted octanol–water partition coefficient (Wildman–Crippen LogP) is 4.85. The number of nitrogens with zero attached hydrogens (tertiary/aromatic N) is 1. The molecule has 22 heavy (non-hydrogen) atoms. The summed E-state index contributed by atoms with van der Waals surface area (Å²) in [6.07, 6.45) is 1.48. The van der Waals surface area contributed by atoms with E-state index in [1.54, 1.807) is 42.5 Å². The van der Waals surface area contributed by atoms with Crippen molar-refractivity contribution < 1.29 is 4.79 Å². The molecule has 0 aliphatic rings. The average Bonchev–Trinajstić information content (AvgIpc) is 2.48. The van der Waals surface area contributed by atoms with Gasteiger partial charge in [-0.15, -0.1) is 0 Å². The van der Waals surface area contributed by atoms with Gasteiger partial charge in [0.05, 0.1) is 0 Å². The highest BCUT2D eigenvalue weighted by atomic mass is 35.5. The van der Waals surface area contributed by atoms with Crippen LogP contribution in [-0.4, -0.2) is 5.91 Å². The maximum absolute atomic E-state index is 12.2. The number of hydrogen-bond acceptors (Lipinski definition) is 2. The van der Waals surface area contributed by atoms with Crippen molar-refractivity contribution in [2.75, 3.05) is 5.32 Å². The molecule has 2 aromatic rings. The third-order valence-corrected chi connectivity index (χ3v) is 3.60. The smallest absolute Gasteiger partial charge is 0.266 e. The first kappa shape index (κ1) is 16.1. The van der Waals surface area contributed by atoms with Gasteiger partial charge in [0, 0.05) is 15.7 Å². The summed E-state index contributed by atoms with van der Waals surface area (Å²) in [5, 5.41) is 12.9. The molecule has 0 spiro atoms. The fourth-order valence-electron chi connectivity index (χ4n) is 1.78. The number of benzene rings is 2. The summed E-state index contributed by atoms with van der Waals surface area (Å²) in [7, 11) is 0. The predicted molar refractivity (Wildman–Crippen MR) is 89.9 cm³/mol. The lowest BCUT2D eigenvalue weighted by atomic mass is 10.1. The monoisotopic (exact) mass is 330 g/mol. The SMILES string of the molecule is Cc1ccc(NC(=O)/C(C#N)=C\c2cccc(Cl)c2)cc1Cl. The van der Waals surface area contributed by atoms with Crippen LogP contribution in [0.3, 0.4) is 0 Å². The van der Waals surface area contributed by atoms with Gasteiger partial charge in [0.15, 0.2) is 0 Å². The van der Waals surface area contributed by atoms with Gasteiger partial charge in [0.1, 0.15) is 11.6 Å². The molecule has 1 N–H and O–H groups in total. The number of halogens is 2. The standard InChI is InChI=1S/C17H12Cl2N2O/c1-11-5-6-15(9-16(11)19)21-17(22)13(10-20)7-12-3-2-4-14(18)8-12/h2-9H,1H3,(H,21,22)/b13-7-. The van der Waals surface area contributed by atoms with E-state index in [9.17, 15) is 4.79 Å². The number of amides is 1. The van der Waals surface area contributed by atoms with Crippen molar-refractivity contribution in [2.45, 2.75) is 6.92 Å². The lowest BCUT2D eigenvalue weighted by molar-refractivity contribution is -0.112. The molecule has 2 rings (SSSR count). The highest BCUT2D eigenvalue weighted by Crippen LogP contribution is 2.21. The summed E-state index contributed by atoms with van der Waals surface area (Å²) in [4.78, 5) is 12.2. The third kappa shape index (κ3) is 4.11. The molecule has 0 radical (unpaired) electrons. The highest BCUT2D eigenvalue weighted by molar-refractivity contribution is 6.31. The lowest BCUT2D eigenvalue weighted by Gasteiger charge is -2.06. The van der Waals surface area contributed by atoms with E-state index in [0.29, 0.717) is 21.3 Å². The van der Waals surface area contributed by atoms with Gasteiger partial charge in [0.25, 0.3) is 5.91 Å². The number of nitriles is 1. The molecular formula is C17H12Cl2N2O. The quantitative estimate of drug-likeness (QED) is 0.646. The van der Waals surface area contributed by atoms with Crippen molar-refractivity contribution in [1.29, 1.82) is 5.26 Å². The Morgan fingerprint density at radius 1 is 1.23 bits per heavy atom. The Balaban J connectivity index is 2.22. The van der Waals surface area contributed by atoms with E-state index in [4.69, 9.17) is 28.5 Å². The van der Waals surface area contributed by atoms with Crippen LogP contribution in [0.25, 0.3) is 6.08 Å². The first-order valence-electron chi connectivity index (χ1n) is 6.44. The van der Waals surface area contributed by atoms with Crippen LogP contribution in [0, 0.1) is 18.3 Å². The van der Waals surface area contributed by atoms with E-state index >= 15 is 0 Å². The molecule has 110 valence electrons. The molecule has 0 fully saturated rings. The maximum atomic E-state index is 12.2. The number of aryl methyl sites for hydroxylation is 1. The van der Waals surface area contributed by atoms with Crippen molar-refractivity contribution in [3.05, 3.63) is 69.2 Å². The zero-order valence-corrected chi connectivity index (χ0v) is 13.2. The molecule has 0 aliphatic heterocycles. The van der Waals surface area contributed by atoms with Crippen molar-refractivity contribution in [1.82, 2.24) is 0 Å². The summed E-state index contributed by atoms with van der Waals surface area (Å²) in [6, 6.07) is 14.0. The molecular weight excluding hydrogens is 319 g/mol. The minimum atomic E-state index is -0.498. The Bertz CT molecular complexity index is 791. The average molecular weight is 331 g/mol. The minimum Gasteiger partial charge on any atom is -0.321 e. The first-order valence-corrected chi connectivity index (χ1v) is 7.20. The van der Waals surface area contributed by atoms with Crippen LogP contribution in [0.5, 0.6) is 0 Å². The summed E-state index contributed by atoms with van der Waals surface area (Å²) < 4.78 is 0. The van der Waals surface area contributed by atoms with Crippen molar-refractivity contribution >= 4 is 40.9 Å². The van der Waals surface area contributed by atoms with Crippen LogP contribution in [-0.2, 0) is 4.79 Å². The third-order valence-electron chi connectivity index (χ3n) is 2.95. The van der Waals surface area contributed by atoms with Gasteiger partial charge in [-0.05, 0) is 48.4 Å². The zero-order chi connectivity index (χ0) is 16.1. The molecule has 0 atom stereocenters. The van der Waals surface area contributed by atoms with Crippen molar-refractivity contribution in [3.63, 3.8) is 0 Å². The number of rotatable bonds is 3. The van der Waals surface area contributed by atoms with Crippen LogP contribution in [0.1, 0.15) is 11.1 Å². The van der Waals surface area contributed by atoms with Gasteiger partial charge >= 0.3 is 0 Å². The van der Waals surface area contributed by atoms with E-state index in [1.807, 2.05) is 13.0 Å². The minimum absolute atomic E-state index is 0.0148. The maximum Gasteiger partial charge on any atom is 0.266 e. The second kappa shape index (κ2) is 7.13. The van der Waals surface area contributed by atoms with Gasteiger partial charge < -0.3 is 5.32 Å². The largest absolute Gasteiger partial charge is 0.321 e. The topological polar surface area (TPSA) is 52.9 Å². The van der Waals surface area contributed by atoms with Crippen LogP contribution in [0.15, 0.2) is 48.0 Å². The molecule has 1 amide bonds. The fourth-order valence-corrected chi connectivity index (χ4v) is 2.16. The fraction of sp³-hybridized carbons (Fsp3) is 0.0588. The highest BCUT2D eigenvalue weighted by Gasteiger charge is 2.10. The lowest BCUT2D eigenvalue weighted by Crippen LogP contribution is -2.13. The summed E-state index contributed by atoms with van der Waals surface area (Å²) in [5.74, 6) is -0.498. The summed E-state index contributed by atoms with van der Waals surface area (Å²) in [5.41, 5.74) is 2.11. The van der Waals surface area contributed by atoms with Crippen LogP contribution in [0.4, 0.5) is 5.69 Å². The van der Waals surface area contributed by atoms with Crippen molar-refractivity contribution in [3.8, 4) is 6.07 Å². The molecule has 3 nitrogen and oxygen atoms in total. The summed E-state index contributed by atoms with van der Waals surface area (Å²) >= 11 is 11.9. The molecule has 0 unspecified atom stereocenters. The molecule has 0 saturated heterocycles. The number of carbonyl (C=O) groups excluding carboxylic acids is 1. The zero-order valence-electron chi connectivity index (χ0n) is 11.7.